The van der Waals surface area contributed by atoms with Crippen molar-refractivity contribution in [1.29, 1.82) is 0 Å². The lowest BCUT2D eigenvalue weighted by molar-refractivity contribution is 0.00674. The second-order valence-electron chi connectivity index (χ2n) is 9.47. The maximum atomic E-state index is 11.9. The molecule has 0 bridgehead atoms. The average molecular weight is 559 g/mol. The van der Waals surface area contributed by atoms with Crippen molar-refractivity contribution in [2.45, 2.75) is 18.6 Å². The Balaban J connectivity index is 1.56. The highest BCUT2D eigenvalue weighted by atomic mass is 35.5. The van der Waals surface area contributed by atoms with Crippen LogP contribution in [0, 0.1) is 0 Å². The van der Waals surface area contributed by atoms with Gasteiger partial charge in [-0.3, -0.25) is 14.7 Å². The SMILES string of the molecule is CNC(=O)c1ccc([C@](C)(O)CN2CCN(c3ccc(OCCO)cc3Cl)[C@H](c3ccc(Cl)cc3)C2)nc1. The molecule has 1 saturated heterocycles. The average Bonchev–Trinajstić information content (AvgIpc) is 2.92. The largest absolute Gasteiger partial charge is 0.491 e. The van der Waals surface area contributed by atoms with Crippen molar-refractivity contribution < 1.29 is 19.7 Å². The van der Waals surface area contributed by atoms with E-state index in [-0.39, 0.29) is 25.2 Å². The third-order valence-corrected chi connectivity index (χ3v) is 7.20. The van der Waals surface area contributed by atoms with Gasteiger partial charge in [0.2, 0.25) is 0 Å². The zero-order valence-corrected chi connectivity index (χ0v) is 22.9. The highest BCUT2D eigenvalue weighted by Gasteiger charge is 2.34. The number of pyridine rings is 1. The van der Waals surface area contributed by atoms with Crippen molar-refractivity contribution in [3.63, 3.8) is 0 Å². The van der Waals surface area contributed by atoms with E-state index in [2.05, 4.69) is 20.1 Å². The first kappa shape index (κ1) is 28.1. The molecule has 3 N–H and O–H groups in total. The lowest BCUT2D eigenvalue weighted by Gasteiger charge is -2.45. The number of β-amino-alcohol motifs (C(OH)–C–C–N with tert-alkyl or cyclic N) is 1. The van der Waals surface area contributed by atoms with E-state index in [0.717, 1.165) is 11.3 Å². The van der Waals surface area contributed by atoms with Gasteiger partial charge in [0.05, 0.1) is 34.6 Å². The number of hydrogen-bond acceptors (Lipinski definition) is 7. The Morgan fingerprint density at radius 2 is 1.92 bits per heavy atom. The summed E-state index contributed by atoms with van der Waals surface area (Å²) in [6.07, 6.45) is 1.48. The third-order valence-electron chi connectivity index (χ3n) is 6.64. The Labute approximate surface area is 232 Å². The van der Waals surface area contributed by atoms with Gasteiger partial charge in [-0.25, -0.2) is 0 Å². The molecule has 0 saturated carbocycles. The van der Waals surface area contributed by atoms with Crippen LogP contribution in [0.1, 0.15) is 34.6 Å². The van der Waals surface area contributed by atoms with Crippen molar-refractivity contribution >= 4 is 34.8 Å². The zero-order valence-electron chi connectivity index (χ0n) is 21.4. The first-order valence-corrected chi connectivity index (χ1v) is 13.2. The minimum atomic E-state index is -1.22. The van der Waals surface area contributed by atoms with E-state index in [9.17, 15) is 9.90 Å². The number of aliphatic hydroxyl groups is 2. The summed E-state index contributed by atoms with van der Waals surface area (Å²) >= 11 is 12.9. The Kier molecular flexibility index (Phi) is 9.12. The molecule has 0 unspecified atom stereocenters. The number of carbonyl (C=O) groups is 1. The highest BCUT2D eigenvalue weighted by molar-refractivity contribution is 6.33. The summed E-state index contributed by atoms with van der Waals surface area (Å²) in [7, 11) is 1.57. The fraction of sp³-hybridized carbons (Fsp3) is 0.357. The molecule has 1 aromatic heterocycles. The van der Waals surface area contributed by atoms with Gasteiger partial charge in [0.1, 0.15) is 18.0 Å². The minimum Gasteiger partial charge on any atom is -0.491 e. The molecule has 1 amide bonds. The van der Waals surface area contributed by atoms with Crippen LogP contribution in [0.2, 0.25) is 10.0 Å². The van der Waals surface area contributed by atoms with Gasteiger partial charge < -0.3 is 25.2 Å². The summed E-state index contributed by atoms with van der Waals surface area (Å²) in [5.41, 5.74) is 1.66. The van der Waals surface area contributed by atoms with Crippen LogP contribution in [0.25, 0.3) is 0 Å². The van der Waals surface area contributed by atoms with E-state index in [1.807, 2.05) is 36.4 Å². The van der Waals surface area contributed by atoms with Crippen LogP contribution in [0.4, 0.5) is 5.69 Å². The Bertz CT molecular complexity index is 1240. The summed E-state index contributed by atoms with van der Waals surface area (Å²) in [5.74, 6) is 0.373. The number of hydrogen-bond donors (Lipinski definition) is 3. The second kappa shape index (κ2) is 12.3. The molecule has 1 aliphatic rings. The second-order valence-corrected chi connectivity index (χ2v) is 10.3. The molecule has 2 heterocycles. The molecule has 2 aromatic carbocycles. The maximum absolute atomic E-state index is 11.9. The highest BCUT2D eigenvalue weighted by Crippen LogP contribution is 2.38. The monoisotopic (exact) mass is 558 g/mol. The molecule has 2 atom stereocenters. The quantitative estimate of drug-likeness (QED) is 0.366. The molecule has 0 radical (unpaired) electrons. The van der Waals surface area contributed by atoms with Crippen LogP contribution in [0.3, 0.4) is 0 Å². The van der Waals surface area contributed by atoms with Gasteiger partial charge in [-0.1, -0.05) is 35.3 Å². The van der Waals surface area contributed by atoms with Gasteiger partial charge in [0, 0.05) is 50.5 Å². The number of ether oxygens (including phenoxy) is 1. The van der Waals surface area contributed by atoms with Crippen molar-refractivity contribution in [1.82, 2.24) is 15.2 Å². The predicted molar refractivity (Wildman–Crippen MR) is 149 cm³/mol. The number of rotatable bonds is 9. The lowest BCUT2D eigenvalue weighted by atomic mass is 9.97. The molecule has 0 spiro atoms. The summed E-state index contributed by atoms with van der Waals surface area (Å²) in [4.78, 5) is 20.7. The van der Waals surface area contributed by atoms with Gasteiger partial charge in [-0.2, -0.15) is 0 Å². The number of aliphatic hydroxyl groups excluding tert-OH is 1. The molecule has 3 aromatic rings. The number of piperazine rings is 1. The van der Waals surface area contributed by atoms with Crippen LogP contribution in [0.5, 0.6) is 5.75 Å². The first-order valence-electron chi connectivity index (χ1n) is 12.4. The number of halogens is 2. The van der Waals surface area contributed by atoms with E-state index in [1.54, 1.807) is 32.2 Å². The van der Waals surface area contributed by atoms with Crippen molar-refractivity contribution in [3.05, 3.63) is 87.7 Å². The first-order chi connectivity index (χ1) is 18.2. The van der Waals surface area contributed by atoms with Crippen LogP contribution >= 0.6 is 23.2 Å². The van der Waals surface area contributed by atoms with Gasteiger partial charge >= 0.3 is 0 Å². The smallest absolute Gasteiger partial charge is 0.252 e. The fourth-order valence-electron chi connectivity index (χ4n) is 4.72. The number of aromatic nitrogens is 1. The van der Waals surface area contributed by atoms with Crippen LogP contribution in [-0.2, 0) is 5.60 Å². The minimum absolute atomic E-state index is 0.0536. The number of nitrogens with zero attached hydrogens (tertiary/aromatic N) is 3. The van der Waals surface area contributed by atoms with E-state index in [4.69, 9.17) is 33.0 Å². The number of anilines is 1. The normalized spacial score (nSPS) is 17.6. The summed E-state index contributed by atoms with van der Waals surface area (Å²) < 4.78 is 5.51. The molecular weight excluding hydrogens is 527 g/mol. The summed E-state index contributed by atoms with van der Waals surface area (Å²) in [6.45, 7) is 4.22. The van der Waals surface area contributed by atoms with E-state index in [1.165, 1.54) is 6.20 Å². The topological polar surface area (TPSA) is 98.2 Å². The fourth-order valence-corrected chi connectivity index (χ4v) is 5.13. The molecule has 1 fully saturated rings. The van der Waals surface area contributed by atoms with Crippen LogP contribution in [-0.4, -0.2) is 72.4 Å². The van der Waals surface area contributed by atoms with Crippen molar-refractivity contribution in [3.8, 4) is 5.75 Å². The number of benzene rings is 2. The lowest BCUT2D eigenvalue weighted by Crippen LogP contribution is -2.52. The predicted octanol–water partition coefficient (Wildman–Crippen LogP) is 3.89. The molecule has 4 rings (SSSR count). The molecule has 0 aliphatic carbocycles. The van der Waals surface area contributed by atoms with Crippen molar-refractivity contribution in [2.24, 2.45) is 0 Å². The van der Waals surface area contributed by atoms with E-state index < -0.39 is 5.60 Å². The molecule has 202 valence electrons. The standard InChI is InChI=1S/C28H32Cl2N4O4/c1-28(37,26-10-5-20(16-32-26)27(36)31-2)18-33-11-12-34(25(17-33)19-3-6-21(29)7-4-19)24-9-8-22(15-23(24)30)38-14-13-35/h3-10,15-16,25,35,37H,11-14,17-18H2,1-2H3,(H,31,36)/t25-,28+/m0/s1. The van der Waals surface area contributed by atoms with Crippen molar-refractivity contribution in [2.75, 3.05) is 51.3 Å². The van der Waals surface area contributed by atoms with E-state index >= 15 is 0 Å². The Morgan fingerprint density at radius 1 is 1.16 bits per heavy atom. The van der Waals surface area contributed by atoms with Gasteiger partial charge in [0.25, 0.3) is 5.91 Å². The molecule has 1 aliphatic heterocycles. The van der Waals surface area contributed by atoms with Gasteiger partial charge in [-0.15, -0.1) is 0 Å². The molecular formula is C28H32Cl2N4O4. The molecule has 10 heteroatoms. The van der Waals surface area contributed by atoms with Crippen LogP contribution in [0.15, 0.2) is 60.8 Å². The summed E-state index contributed by atoms with van der Waals surface area (Å²) in [5, 5.41) is 24.2. The number of amides is 1. The molecule has 8 nitrogen and oxygen atoms in total. The Hall–Kier alpha value is -2.88. The summed E-state index contributed by atoms with van der Waals surface area (Å²) in [6, 6.07) is 16.6. The maximum Gasteiger partial charge on any atom is 0.252 e. The zero-order chi connectivity index (χ0) is 27.3. The van der Waals surface area contributed by atoms with E-state index in [0.29, 0.717) is 53.2 Å². The molecule has 38 heavy (non-hydrogen) atoms. The third kappa shape index (κ3) is 6.57. The van der Waals surface area contributed by atoms with Gasteiger partial charge in [0.15, 0.2) is 0 Å². The Morgan fingerprint density at radius 3 is 2.55 bits per heavy atom. The number of nitrogens with one attached hydrogen (secondary N) is 1. The van der Waals surface area contributed by atoms with Crippen LogP contribution < -0.4 is 15.0 Å². The number of carbonyl (C=O) groups excluding carboxylic acids is 1. The van der Waals surface area contributed by atoms with Gasteiger partial charge in [-0.05, 0) is 48.9 Å².